The van der Waals surface area contributed by atoms with Crippen LogP contribution in [0, 0.1) is 0 Å². The molecular formula is C9H17NO3S. The van der Waals surface area contributed by atoms with Crippen molar-refractivity contribution in [1.82, 2.24) is 0 Å². The lowest BCUT2D eigenvalue weighted by molar-refractivity contribution is -0.160. The van der Waals surface area contributed by atoms with Gasteiger partial charge in [0.15, 0.2) is 0 Å². The fourth-order valence-corrected chi connectivity index (χ4v) is 0.982. The molecule has 0 heterocycles. The number of ether oxygens (including phenoxy) is 1. The van der Waals surface area contributed by atoms with Crippen LogP contribution < -0.4 is 5.73 Å². The molecule has 0 aliphatic rings. The van der Waals surface area contributed by atoms with E-state index in [1.54, 1.807) is 0 Å². The van der Waals surface area contributed by atoms with Gasteiger partial charge in [0.25, 0.3) is 0 Å². The summed E-state index contributed by atoms with van der Waals surface area (Å²) in [7, 11) is 0. The Morgan fingerprint density at radius 1 is 1.43 bits per heavy atom. The molecule has 1 atom stereocenters. The molecule has 0 bridgehead atoms. The zero-order valence-corrected chi connectivity index (χ0v) is 9.26. The lowest BCUT2D eigenvalue weighted by Gasteiger charge is -2.06. The Balaban J connectivity index is 3.66. The zero-order valence-electron chi connectivity index (χ0n) is 8.36. The number of rotatable bonds is 6. The number of hydrogen-bond acceptors (Lipinski definition) is 5. The second-order valence-corrected chi connectivity index (χ2v) is 3.40. The van der Waals surface area contributed by atoms with Gasteiger partial charge >= 0.3 is 11.9 Å². The van der Waals surface area contributed by atoms with Crippen molar-refractivity contribution < 1.29 is 14.3 Å². The van der Waals surface area contributed by atoms with Gasteiger partial charge in [-0.2, -0.15) is 12.6 Å². The van der Waals surface area contributed by atoms with Crippen molar-refractivity contribution in [3.8, 4) is 0 Å². The van der Waals surface area contributed by atoms with Crippen molar-refractivity contribution in [3.63, 3.8) is 0 Å². The Labute approximate surface area is 89.6 Å². The van der Waals surface area contributed by atoms with E-state index in [0.29, 0.717) is 0 Å². The van der Waals surface area contributed by atoms with Crippen LogP contribution in [0.5, 0.6) is 0 Å². The minimum absolute atomic E-state index is 0.182. The lowest BCUT2D eigenvalue weighted by Crippen LogP contribution is -2.35. The average molecular weight is 219 g/mol. The van der Waals surface area contributed by atoms with Gasteiger partial charge in [0.1, 0.15) is 6.04 Å². The summed E-state index contributed by atoms with van der Waals surface area (Å²) in [6.45, 7) is 2.04. The topological polar surface area (TPSA) is 69.4 Å². The highest BCUT2D eigenvalue weighted by atomic mass is 32.1. The second kappa shape index (κ2) is 7.82. The van der Waals surface area contributed by atoms with Crippen LogP contribution in [0.2, 0.25) is 0 Å². The van der Waals surface area contributed by atoms with E-state index in [9.17, 15) is 9.59 Å². The number of carbonyl (C=O) groups excluding carboxylic acids is 2. The Hall–Kier alpha value is -0.550. The minimum atomic E-state index is -0.812. The normalized spacial score (nSPS) is 12.2. The van der Waals surface area contributed by atoms with Gasteiger partial charge in [0.05, 0.1) is 0 Å². The van der Waals surface area contributed by atoms with Crippen LogP contribution >= 0.6 is 12.6 Å². The molecule has 0 spiro atoms. The maximum absolute atomic E-state index is 11.0. The molecule has 0 aromatic rings. The zero-order chi connectivity index (χ0) is 11.0. The van der Waals surface area contributed by atoms with E-state index in [1.807, 2.05) is 6.92 Å². The number of thiol groups is 1. The molecule has 14 heavy (non-hydrogen) atoms. The molecule has 0 aromatic carbocycles. The molecule has 0 aliphatic heterocycles. The molecule has 0 rings (SSSR count). The molecule has 82 valence electrons. The van der Waals surface area contributed by atoms with Crippen molar-refractivity contribution >= 4 is 24.6 Å². The summed E-state index contributed by atoms with van der Waals surface area (Å²) >= 11 is 3.83. The van der Waals surface area contributed by atoms with E-state index in [2.05, 4.69) is 17.4 Å². The third-order valence-electron chi connectivity index (χ3n) is 1.70. The molecule has 0 aliphatic carbocycles. The molecule has 5 heteroatoms. The van der Waals surface area contributed by atoms with E-state index < -0.39 is 18.0 Å². The van der Waals surface area contributed by atoms with Gasteiger partial charge in [-0.1, -0.05) is 19.8 Å². The SMILES string of the molecule is CCCCCC(=O)OC(=O)[C@@H](N)CS. The monoisotopic (exact) mass is 219 g/mol. The quantitative estimate of drug-likeness (QED) is 0.301. The first-order valence-electron chi connectivity index (χ1n) is 4.72. The molecule has 0 radical (unpaired) electrons. The molecule has 0 saturated heterocycles. The summed E-state index contributed by atoms with van der Waals surface area (Å²) in [4.78, 5) is 22.0. The Morgan fingerprint density at radius 2 is 2.07 bits per heavy atom. The van der Waals surface area contributed by atoms with E-state index >= 15 is 0 Å². The van der Waals surface area contributed by atoms with Crippen molar-refractivity contribution in [1.29, 1.82) is 0 Å². The Morgan fingerprint density at radius 3 is 2.57 bits per heavy atom. The van der Waals surface area contributed by atoms with Gasteiger partial charge in [0.2, 0.25) is 0 Å². The first kappa shape index (κ1) is 13.4. The summed E-state index contributed by atoms with van der Waals surface area (Å²) in [5.41, 5.74) is 5.32. The fraction of sp³-hybridized carbons (Fsp3) is 0.778. The molecule has 0 aromatic heterocycles. The Kier molecular flexibility index (Phi) is 7.51. The number of esters is 2. The third kappa shape index (κ3) is 5.99. The summed E-state index contributed by atoms with van der Waals surface area (Å²) in [6, 6.07) is -0.812. The average Bonchev–Trinajstić information content (AvgIpc) is 2.16. The fourth-order valence-electron chi connectivity index (χ4n) is 0.833. The highest BCUT2D eigenvalue weighted by Crippen LogP contribution is 2.01. The van der Waals surface area contributed by atoms with E-state index in [1.165, 1.54) is 0 Å². The van der Waals surface area contributed by atoms with E-state index in [0.717, 1.165) is 19.3 Å². The van der Waals surface area contributed by atoms with Crippen molar-refractivity contribution in [2.45, 2.75) is 38.6 Å². The standard InChI is InChI=1S/C9H17NO3S/c1-2-3-4-5-8(11)13-9(12)7(10)6-14/h7,14H,2-6,10H2,1H3/t7-/m0/s1. The van der Waals surface area contributed by atoms with Crippen LogP contribution in [0.15, 0.2) is 0 Å². The molecule has 0 saturated carbocycles. The molecule has 0 fully saturated rings. The number of unbranched alkanes of at least 4 members (excludes halogenated alkanes) is 2. The highest BCUT2D eigenvalue weighted by Gasteiger charge is 2.16. The van der Waals surface area contributed by atoms with Crippen LogP contribution in [0.3, 0.4) is 0 Å². The van der Waals surface area contributed by atoms with Crippen molar-refractivity contribution in [3.05, 3.63) is 0 Å². The lowest BCUT2D eigenvalue weighted by atomic mass is 10.2. The van der Waals surface area contributed by atoms with Crippen molar-refractivity contribution in [2.24, 2.45) is 5.73 Å². The highest BCUT2D eigenvalue weighted by molar-refractivity contribution is 7.80. The maximum atomic E-state index is 11.0. The molecule has 0 unspecified atom stereocenters. The first-order valence-corrected chi connectivity index (χ1v) is 5.36. The minimum Gasteiger partial charge on any atom is -0.392 e. The van der Waals surface area contributed by atoms with Gasteiger partial charge in [-0.15, -0.1) is 0 Å². The predicted molar refractivity (Wildman–Crippen MR) is 57.1 cm³/mol. The summed E-state index contributed by atoms with van der Waals surface area (Å²) in [5.74, 6) is -1.01. The summed E-state index contributed by atoms with van der Waals surface area (Å²) < 4.78 is 4.50. The third-order valence-corrected chi connectivity index (χ3v) is 2.09. The van der Waals surface area contributed by atoms with Crippen LogP contribution in [0.1, 0.15) is 32.6 Å². The van der Waals surface area contributed by atoms with Crippen LogP contribution in [-0.2, 0) is 14.3 Å². The molecule has 2 N–H and O–H groups in total. The maximum Gasteiger partial charge on any atom is 0.331 e. The molecular weight excluding hydrogens is 202 g/mol. The largest absolute Gasteiger partial charge is 0.392 e. The predicted octanol–water partition coefficient (Wildman–Crippen LogP) is 0.894. The van der Waals surface area contributed by atoms with Gasteiger partial charge in [-0.25, -0.2) is 4.79 Å². The smallest absolute Gasteiger partial charge is 0.331 e. The number of nitrogens with two attached hydrogens (primary N) is 1. The van der Waals surface area contributed by atoms with Crippen LogP contribution in [0.4, 0.5) is 0 Å². The van der Waals surface area contributed by atoms with Crippen LogP contribution in [0.25, 0.3) is 0 Å². The van der Waals surface area contributed by atoms with Crippen LogP contribution in [-0.4, -0.2) is 23.7 Å². The molecule has 0 amide bonds. The molecule has 4 nitrogen and oxygen atoms in total. The van der Waals surface area contributed by atoms with Gasteiger partial charge < -0.3 is 10.5 Å². The van der Waals surface area contributed by atoms with Gasteiger partial charge in [-0.3, -0.25) is 4.79 Å². The Bertz CT molecular complexity index is 196. The van der Waals surface area contributed by atoms with E-state index in [-0.39, 0.29) is 12.2 Å². The van der Waals surface area contributed by atoms with Gasteiger partial charge in [-0.05, 0) is 6.42 Å². The first-order chi connectivity index (χ1) is 6.61. The summed E-state index contributed by atoms with van der Waals surface area (Å²) in [5, 5.41) is 0. The van der Waals surface area contributed by atoms with Crippen molar-refractivity contribution in [2.75, 3.05) is 5.75 Å². The second-order valence-electron chi connectivity index (χ2n) is 3.04. The summed E-state index contributed by atoms with van der Waals surface area (Å²) in [6.07, 6.45) is 3.01. The van der Waals surface area contributed by atoms with Gasteiger partial charge in [0, 0.05) is 12.2 Å². The van der Waals surface area contributed by atoms with E-state index in [4.69, 9.17) is 5.73 Å². The number of carbonyl (C=O) groups is 2. The number of hydrogen-bond donors (Lipinski definition) is 2.